The maximum atomic E-state index is 11.8. The second-order valence-electron chi connectivity index (χ2n) is 5.14. The van der Waals surface area contributed by atoms with Crippen LogP contribution in [0.4, 0.5) is 0 Å². The highest BCUT2D eigenvalue weighted by Gasteiger charge is 2.29. The molecule has 16 heavy (non-hydrogen) atoms. The molecule has 0 radical (unpaired) electrons. The van der Waals surface area contributed by atoms with Crippen LogP contribution in [0.5, 0.6) is 0 Å². The number of carbonyl (C=O) groups excluding carboxylic acids is 1. The van der Waals surface area contributed by atoms with Crippen molar-refractivity contribution in [3.8, 4) is 0 Å². The summed E-state index contributed by atoms with van der Waals surface area (Å²) in [5.74, 6) is 0.0300. The van der Waals surface area contributed by atoms with Gasteiger partial charge in [-0.25, -0.2) is 0 Å². The molecule has 1 aliphatic carbocycles. The molecule has 1 amide bonds. The van der Waals surface area contributed by atoms with Gasteiger partial charge < -0.3 is 5.32 Å². The molecule has 2 nitrogen and oxygen atoms in total. The standard InChI is InChI=1S/C14H25NO/c1-4-14(15-13(16)12(2)3)10-8-6-5-7-9-11-14/h2,4-11H2,1,3H3,(H,15,16). The molecule has 0 aromatic rings. The first kappa shape index (κ1) is 13.3. The lowest BCUT2D eigenvalue weighted by atomic mass is 9.81. The lowest BCUT2D eigenvalue weighted by Gasteiger charge is -2.35. The fourth-order valence-corrected chi connectivity index (χ4v) is 2.50. The van der Waals surface area contributed by atoms with Gasteiger partial charge in [0.25, 0.3) is 0 Å². The van der Waals surface area contributed by atoms with E-state index in [4.69, 9.17) is 0 Å². The van der Waals surface area contributed by atoms with Crippen LogP contribution in [0.15, 0.2) is 12.2 Å². The molecule has 0 aromatic heterocycles. The van der Waals surface area contributed by atoms with Crippen LogP contribution in [0.1, 0.15) is 65.2 Å². The van der Waals surface area contributed by atoms with Crippen molar-refractivity contribution in [3.63, 3.8) is 0 Å². The van der Waals surface area contributed by atoms with Crippen LogP contribution in [0.25, 0.3) is 0 Å². The molecule has 0 atom stereocenters. The van der Waals surface area contributed by atoms with Gasteiger partial charge in [-0.2, -0.15) is 0 Å². The highest BCUT2D eigenvalue weighted by Crippen LogP contribution is 2.29. The number of carbonyl (C=O) groups is 1. The van der Waals surface area contributed by atoms with Crippen LogP contribution in [-0.4, -0.2) is 11.4 Å². The van der Waals surface area contributed by atoms with Gasteiger partial charge in [-0.05, 0) is 26.2 Å². The zero-order valence-corrected chi connectivity index (χ0v) is 10.8. The predicted molar refractivity (Wildman–Crippen MR) is 68.3 cm³/mol. The molecular formula is C14H25NO. The number of hydrogen-bond acceptors (Lipinski definition) is 1. The minimum absolute atomic E-state index is 0.0300. The van der Waals surface area contributed by atoms with Crippen molar-refractivity contribution >= 4 is 5.91 Å². The van der Waals surface area contributed by atoms with Crippen molar-refractivity contribution in [2.75, 3.05) is 0 Å². The second kappa shape index (κ2) is 6.07. The van der Waals surface area contributed by atoms with Crippen molar-refractivity contribution < 1.29 is 4.79 Å². The molecule has 0 bridgehead atoms. The normalized spacial score (nSPS) is 20.6. The number of rotatable bonds is 3. The minimum atomic E-state index is 0.0300. The number of amides is 1. The molecule has 1 saturated carbocycles. The van der Waals surface area contributed by atoms with Crippen molar-refractivity contribution in [2.24, 2.45) is 0 Å². The Morgan fingerprint density at radius 3 is 2.12 bits per heavy atom. The second-order valence-corrected chi connectivity index (χ2v) is 5.14. The Morgan fingerprint density at radius 1 is 1.19 bits per heavy atom. The topological polar surface area (TPSA) is 29.1 Å². The third kappa shape index (κ3) is 3.66. The molecule has 0 unspecified atom stereocenters. The average molecular weight is 223 g/mol. The van der Waals surface area contributed by atoms with Crippen LogP contribution >= 0.6 is 0 Å². The van der Waals surface area contributed by atoms with Crippen molar-refractivity contribution in [3.05, 3.63) is 12.2 Å². The highest BCUT2D eigenvalue weighted by atomic mass is 16.1. The van der Waals surface area contributed by atoms with E-state index in [1.54, 1.807) is 6.92 Å². The molecule has 92 valence electrons. The zero-order chi connectivity index (χ0) is 12.0. The van der Waals surface area contributed by atoms with Crippen molar-refractivity contribution in [1.82, 2.24) is 5.32 Å². The third-order valence-electron chi connectivity index (χ3n) is 3.75. The van der Waals surface area contributed by atoms with E-state index in [1.807, 2.05) is 0 Å². The van der Waals surface area contributed by atoms with E-state index in [2.05, 4.69) is 18.8 Å². The van der Waals surface area contributed by atoms with E-state index in [9.17, 15) is 4.79 Å². The molecule has 2 heteroatoms. The summed E-state index contributed by atoms with van der Waals surface area (Å²) in [7, 11) is 0. The van der Waals surface area contributed by atoms with Crippen LogP contribution in [0.2, 0.25) is 0 Å². The molecular weight excluding hydrogens is 198 g/mol. The first-order valence-electron chi connectivity index (χ1n) is 6.58. The van der Waals surface area contributed by atoms with Gasteiger partial charge in [0.2, 0.25) is 5.91 Å². The van der Waals surface area contributed by atoms with E-state index in [0.717, 1.165) is 19.3 Å². The Balaban J connectivity index is 2.65. The monoisotopic (exact) mass is 223 g/mol. The summed E-state index contributed by atoms with van der Waals surface area (Å²) in [6.45, 7) is 7.68. The predicted octanol–water partition coefficient (Wildman–Crippen LogP) is 3.57. The summed E-state index contributed by atoms with van der Waals surface area (Å²) in [6.07, 6.45) is 9.75. The smallest absolute Gasteiger partial charge is 0.246 e. The van der Waals surface area contributed by atoms with E-state index in [-0.39, 0.29) is 11.4 Å². The Kier molecular flexibility index (Phi) is 5.04. The van der Waals surface area contributed by atoms with Gasteiger partial charge in [-0.15, -0.1) is 0 Å². The number of nitrogens with one attached hydrogen (secondary N) is 1. The summed E-state index contributed by atoms with van der Waals surface area (Å²) in [5, 5.41) is 3.21. The van der Waals surface area contributed by atoms with Crippen LogP contribution in [0.3, 0.4) is 0 Å². The van der Waals surface area contributed by atoms with Gasteiger partial charge in [0.1, 0.15) is 0 Å². The molecule has 0 saturated heterocycles. The largest absolute Gasteiger partial charge is 0.347 e. The molecule has 0 aliphatic heterocycles. The van der Waals surface area contributed by atoms with Gasteiger partial charge in [-0.1, -0.05) is 45.6 Å². The average Bonchev–Trinajstić information content (AvgIpc) is 2.22. The van der Waals surface area contributed by atoms with Crippen molar-refractivity contribution in [1.29, 1.82) is 0 Å². The Hall–Kier alpha value is -0.790. The fourth-order valence-electron chi connectivity index (χ4n) is 2.50. The van der Waals surface area contributed by atoms with Gasteiger partial charge in [0, 0.05) is 11.1 Å². The van der Waals surface area contributed by atoms with E-state index >= 15 is 0 Å². The quantitative estimate of drug-likeness (QED) is 0.728. The third-order valence-corrected chi connectivity index (χ3v) is 3.75. The Morgan fingerprint density at radius 2 is 1.69 bits per heavy atom. The summed E-state index contributed by atoms with van der Waals surface area (Å²) >= 11 is 0. The zero-order valence-electron chi connectivity index (χ0n) is 10.8. The summed E-state index contributed by atoms with van der Waals surface area (Å²) in [5.41, 5.74) is 0.658. The van der Waals surface area contributed by atoms with Crippen LogP contribution < -0.4 is 5.32 Å². The first-order chi connectivity index (χ1) is 7.59. The lowest BCUT2D eigenvalue weighted by molar-refractivity contribution is -0.119. The van der Waals surface area contributed by atoms with Gasteiger partial charge >= 0.3 is 0 Å². The van der Waals surface area contributed by atoms with Crippen LogP contribution in [-0.2, 0) is 4.79 Å². The van der Waals surface area contributed by atoms with E-state index in [1.165, 1.54) is 32.1 Å². The lowest BCUT2D eigenvalue weighted by Crippen LogP contribution is -2.48. The molecule has 0 aromatic carbocycles. The van der Waals surface area contributed by atoms with Gasteiger partial charge in [-0.3, -0.25) is 4.79 Å². The molecule has 1 fully saturated rings. The van der Waals surface area contributed by atoms with E-state index < -0.39 is 0 Å². The summed E-state index contributed by atoms with van der Waals surface area (Å²) in [4.78, 5) is 11.8. The Bertz CT molecular complexity index is 249. The SMILES string of the molecule is C=C(C)C(=O)NC1(CC)CCCCCCC1. The molecule has 1 N–H and O–H groups in total. The molecule has 0 spiro atoms. The maximum Gasteiger partial charge on any atom is 0.246 e. The maximum absolute atomic E-state index is 11.8. The summed E-state index contributed by atoms with van der Waals surface area (Å²) in [6, 6.07) is 0. The van der Waals surface area contributed by atoms with Crippen LogP contribution in [0, 0.1) is 0 Å². The van der Waals surface area contributed by atoms with E-state index in [0.29, 0.717) is 5.57 Å². The highest BCUT2D eigenvalue weighted by molar-refractivity contribution is 5.92. The molecule has 1 rings (SSSR count). The van der Waals surface area contributed by atoms with Gasteiger partial charge in [0.15, 0.2) is 0 Å². The minimum Gasteiger partial charge on any atom is -0.347 e. The fraction of sp³-hybridized carbons (Fsp3) is 0.786. The van der Waals surface area contributed by atoms with Crippen molar-refractivity contribution in [2.45, 2.75) is 70.8 Å². The molecule has 0 heterocycles. The van der Waals surface area contributed by atoms with Gasteiger partial charge in [0.05, 0.1) is 0 Å². The summed E-state index contributed by atoms with van der Waals surface area (Å²) < 4.78 is 0. The number of hydrogen-bond donors (Lipinski definition) is 1. The molecule has 1 aliphatic rings. The first-order valence-corrected chi connectivity index (χ1v) is 6.58. The Labute approximate surface area is 99.5 Å².